The molecule has 0 aromatic rings. The van der Waals surface area contributed by atoms with Gasteiger partial charge >= 0.3 is 0 Å². The average molecular weight is 259 g/mol. The Morgan fingerprint density at radius 3 is 2.72 bits per heavy atom. The molecule has 0 heterocycles. The van der Waals surface area contributed by atoms with Crippen LogP contribution in [0.15, 0.2) is 0 Å². The molecule has 1 aliphatic carbocycles. The van der Waals surface area contributed by atoms with E-state index in [1.807, 2.05) is 13.8 Å². The lowest BCUT2D eigenvalue weighted by Crippen LogP contribution is -2.47. The van der Waals surface area contributed by atoms with Crippen LogP contribution in [0.1, 0.15) is 46.5 Å². The highest BCUT2D eigenvalue weighted by atomic mass is 16.5. The summed E-state index contributed by atoms with van der Waals surface area (Å²) in [4.78, 5) is 0. The topological polar surface area (TPSA) is 50.7 Å². The maximum absolute atomic E-state index is 9.46. The van der Waals surface area contributed by atoms with Crippen molar-refractivity contribution in [1.82, 2.24) is 5.32 Å². The van der Waals surface area contributed by atoms with Crippen LogP contribution in [0.2, 0.25) is 0 Å². The Balaban J connectivity index is 2.07. The van der Waals surface area contributed by atoms with Gasteiger partial charge in [0, 0.05) is 24.8 Å². The van der Waals surface area contributed by atoms with Gasteiger partial charge in [-0.25, -0.2) is 0 Å². The van der Waals surface area contributed by atoms with Gasteiger partial charge in [-0.2, -0.15) is 0 Å². The molecule has 0 saturated heterocycles. The molecule has 4 nitrogen and oxygen atoms in total. The van der Waals surface area contributed by atoms with Gasteiger partial charge < -0.3 is 19.9 Å². The smallest absolute Gasteiger partial charge is 0.0780 e. The van der Waals surface area contributed by atoms with Gasteiger partial charge in [0.25, 0.3) is 0 Å². The first-order chi connectivity index (χ1) is 8.59. The Labute approximate surface area is 111 Å². The van der Waals surface area contributed by atoms with E-state index in [9.17, 15) is 5.11 Å². The molecule has 0 spiro atoms. The maximum Gasteiger partial charge on any atom is 0.0780 e. The van der Waals surface area contributed by atoms with Gasteiger partial charge in [0.15, 0.2) is 0 Å². The summed E-state index contributed by atoms with van der Waals surface area (Å²) in [5.41, 5.74) is -0.145. The van der Waals surface area contributed by atoms with Crippen molar-refractivity contribution in [2.24, 2.45) is 0 Å². The van der Waals surface area contributed by atoms with Crippen LogP contribution in [0.3, 0.4) is 0 Å². The summed E-state index contributed by atoms with van der Waals surface area (Å²) in [6.07, 6.45) is 4.56. The van der Waals surface area contributed by atoms with Crippen LogP contribution in [-0.4, -0.2) is 49.2 Å². The van der Waals surface area contributed by atoms with Crippen molar-refractivity contribution in [1.29, 1.82) is 0 Å². The summed E-state index contributed by atoms with van der Waals surface area (Å²) >= 11 is 0. The molecule has 0 radical (unpaired) electrons. The van der Waals surface area contributed by atoms with E-state index >= 15 is 0 Å². The highest BCUT2D eigenvalue weighted by Gasteiger charge is 2.31. The number of aliphatic hydroxyl groups is 1. The zero-order chi connectivity index (χ0) is 13.4. The lowest BCUT2D eigenvalue weighted by molar-refractivity contribution is -0.00692. The Hall–Kier alpha value is -0.160. The zero-order valence-corrected chi connectivity index (χ0v) is 12.1. The van der Waals surface area contributed by atoms with Crippen molar-refractivity contribution in [3.05, 3.63) is 0 Å². The van der Waals surface area contributed by atoms with Crippen LogP contribution < -0.4 is 5.32 Å². The molecular weight excluding hydrogens is 230 g/mol. The van der Waals surface area contributed by atoms with E-state index in [0.29, 0.717) is 12.6 Å². The van der Waals surface area contributed by atoms with Gasteiger partial charge in [0.1, 0.15) is 0 Å². The molecular formula is C14H29NO3. The second kappa shape index (κ2) is 8.10. The second-order valence-electron chi connectivity index (χ2n) is 5.58. The van der Waals surface area contributed by atoms with Crippen LogP contribution in [0.25, 0.3) is 0 Å². The first kappa shape index (κ1) is 15.9. The molecule has 1 aliphatic rings. The average Bonchev–Trinajstić information content (AvgIpc) is 3.16. The SMILES string of the molecule is CCOCC(C)OCCCC(C)(CO)NC1CC1. The molecule has 0 bridgehead atoms. The highest BCUT2D eigenvalue weighted by molar-refractivity contribution is 4.92. The largest absolute Gasteiger partial charge is 0.394 e. The number of aliphatic hydroxyl groups excluding tert-OH is 1. The predicted molar refractivity (Wildman–Crippen MR) is 72.8 cm³/mol. The highest BCUT2D eigenvalue weighted by Crippen LogP contribution is 2.24. The number of ether oxygens (including phenoxy) is 2. The van der Waals surface area contributed by atoms with Crippen LogP contribution in [0.5, 0.6) is 0 Å². The summed E-state index contributed by atoms with van der Waals surface area (Å²) in [5.74, 6) is 0. The second-order valence-corrected chi connectivity index (χ2v) is 5.58. The number of hydrogen-bond donors (Lipinski definition) is 2. The minimum atomic E-state index is -0.145. The summed E-state index contributed by atoms with van der Waals surface area (Å²) in [5, 5.41) is 13.0. The summed E-state index contributed by atoms with van der Waals surface area (Å²) < 4.78 is 11.0. The summed E-state index contributed by atoms with van der Waals surface area (Å²) in [6, 6.07) is 0.625. The lowest BCUT2D eigenvalue weighted by Gasteiger charge is -2.29. The van der Waals surface area contributed by atoms with E-state index in [0.717, 1.165) is 26.1 Å². The molecule has 1 rings (SSSR count). The first-order valence-electron chi connectivity index (χ1n) is 7.17. The molecule has 0 aromatic heterocycles. The minimum absolute atomic E-state index is 0.145. The van der Waals surface area contributed by atoms with E-state index in [2.05, 4.69) is 12.2 Å². The molecule has 4 heteroatoms. The number of nitrogens with one attached hydrogen (secondary N) is 1. The molecule has 0 amide bonds. The third-order valence-corrected chi connectivity index (χ3v) is 3.31. The molecule has 108 valence electrons. The van der Waals surface area contributed by atoms with Gasteiger partial charge in [0.2, 0.25) is 0 Å². The minimum Gasteiger partial charge on any atom is -0.394 e. The van der Waals surface area contributed by atoms with Crippen LogP contribution >= 0.6 is 0 Å². The predicted octanol–water partition coefficient (Wildman–Crippen LogP) is 1.71. The molecule has 0 aromatic carbocycles. The Morgan fingerprint density at radius 1 is 1.44 bits per heavy atom. The van der Waals surface area contributed by atoms with E-state index in [4.69, 9.17) is 9.47 Å². The standard InChI is InChI=1S/C14H29NO3/c1-4-17-10-12(2)18-9-5-8-14(3,11-16)15-13-6-7-13/h12-13,15-16H,4-11H2,1-3H3. The number of rotatable bonds is 11. The lowest BCUT2D eigenvalue weighted by atomic mass is 9.97. The Morgan fingerprint density at radius 2 is 2.17 bits per heavy atom. The molecule has 1 fully saturated rings. The van der Waals surface area contributed by atoms with Crippen molar-refractivity contribution < 1.29 is 14.6 Å². The fraction of sp³-hybridized carbons (Fsp3) is 1.00. The Bertz CT molecular complexity index is 221. The maximum atomic E-state index is 9.46. The van der Waals surface area contributed by atoms with Gasteiger partial charge in [0.05, 0.1) is 19.3 Å². The van der Waals surface area contributed by atoms with E-state index in [1.54, 1.807) is 0 Å². The monoisotopic (exact) mass is 259 g/mol. The van der Waals surface area contributed by atoms with E-state index in [1.165, 1.54) is 12.8 Å². The first-order valence-corrected chi connectivity index (χ1v) is 7.17. The fourth-order valence-corrected chi connectivity index (χ4v) is 2.00. The van der Waals surface area contributed by atoms with Gasteiger partial charge in [-0.1, -0.05) is 0 Å². The van der Waals surface area contributed by atoms with Crippen LogP contribution in [0.4, 0.5) is 0 Å². The van der Waals surface area contributed by atoms with Crippen LogP contribution in [0, 0.1) is 0 Å². The van der Waals surface area contributed by atoms with Gasteiger partial charge in [-0.05, 0) is 46.5 Å². The third kappa shape index (κ3) is 6.69. The Kier molecular flexibility index (Phi) is 7.15. The van der Waals surface area contributed by atoms with Crippen molar-refractivity contribution in [2.45, 2.75) is 64.1 Å². The molecule has 2 atom stereocenters. The molecule has 18 heavy (non-hydrogen) atoms. The van der Waals surface area contributed by atoms with Crippen molar-refractivity contribution in [2.75, 3.05) is 26.4 Å². The summed E-state index contributed by atoms with van der Waals surface area (Å²) in [6.45, 7) is 8.44. The fourth-order valence-electron chi connectivity index (χ4n) is 2.00. The zero-order valence-electron chi connectivity index (χ0n) is 12.1. The molecule has 2 N–H and O–H groups in total. The molecule has 0 aliphatic heterocycles. The van der Waals surface area contributed by atoms with E-state index < -0.39 is 0 Å². The van der Waals surface area contributed by atoms with Crippen molar-refractivity contribution >= 4 is 0 Å². The van der Waals surface area contributed by atoms with E-state index in [-0.39, 0.29) is 18.2 Å². The number of hydrogen-bond acceptors (Lipinski definition) is 4. The van der Waals surface area contributed by atoms with Gasteiger partial charge in [-0.15, -0.1) is 0 Å². The normalized spacial score (nSPS) is 20.7. The van der Waals surface area contributed by atoms with Crippen LogP contribution in [-0.2, 0) is 9.47 Å². The van der Waals surface area contributed by atoms with Crippen molar-refractivity contribution in [3.63, 3.8) is 0 Å². The molecule has 1 saturated carbocycles. The summed E-state index contributed by atoms with van der Waals surface area (Å²) in [7, 11) is 0. The van der Waals surface area contributed by atoms with Crippen molar-refractivity contribution in [3.8, 4) is 0 Å². The molecule has 2 unspecified atom stereocenters. The van der Waals surface area contributed by atoms with Gasteiger partial charge in [-0.3, -0.25) is 0 Å². The quantitative estimate of drug-likeness (QED) is 0.555. The third-order valence-electron chi connectivity index (χ3n) is 3.31.